The van der Waals surface area contributed by atoms with Crippen molar-refractivity contribution in [2.24, 2.45) is 11.7 Å². The fraction of sp³-hybridized carbons (Fsp3) is 0.409. The van der Waals surface area contributed by atoms with Crippen LogP contribution in [0.3, 0.4) is 0 Å². The van der Waals surface area contributed by atoms with Gasteiger partial charge in [0.05, 0.1) is 6.04 Å². The van der Waals surface area contributed by atoms with Crippen LogP contribution in [0.5, 0.6) is 0 Å². The van der Waals surface area contributed by atoms with Crippen molar-refractivity contribution in [1.29, 1.82) is 0 Å². The number of ether oxygens (including phenoxy) is 1. The van der Waals surface area contributed by atoms with Gasteiger partial charge in [0.1, 0.15) is 0 Å². The Morgan fingerprint density at radius 3 is 2.50 bits per heavy atom. The number of anilines is 1. The van der Waals surface area contributed by atoms with E-state index in [1.54, 1.807) is 0 Å². The van der Waals surface area contributed by atoms with Crippen LogP contribution in [-0.4, -0.2) is 25.2 Å². The number of aryl methyl sites for hydroxylation is 2. The maximum absolute atomic E-state index is 12.4. The van der Waals surface area contributed by atoms with Gasteiger partial charge >= 0.3 is 0 Å². The maximum Gasteiger partial charge on any atom is 0.241 e. The number of nitrogens with one attached hydrogen (secondary N) is 1. The minimum atomic E-state index is -0.472. The molecule has 1 saturated heterocycles. The lowest BCUT2D eigenvalue weighted by Crippen LogP contribution is -2.44. The number of hydrogen-bond donors (Lipinski definition) is 2. The molecule has 1 atom stereocenters. The lowest BCUT2D eigenvalue weighted by Gasteiger charge is -2.26. The third-order valence-electron chi connectivity index (χ3n) is 5.04. The highest BCUT2D eigenvalue weighted by Crippen LogP contribution is 2.19. The van der Waals surface area contributed by atoms with E-state index in [0.717, 1.165) is 37.8 Å². The summed E-state index contributed by atoms with van der Waals surface area (Å²) in [5, 5.41) is 2.98. The highest BCUT2D eigenvalue weighted by Gasteiger charge is 2.26. The molecule has 0 spiro atoms. The van der Waals surface area contributed by atoms with E-state index in [0.29, 0.717) is 13.2 Å². The zero-order valence-corrected chi connectivity index (χ0v) is 15.2. The molecule has 1 amide bonds. The van der Waals surface area contributed by atoms with Gasteiger partial charge < -0.3 is 15.8 Å². The summed E-state index contributed by atoms with van der Waals surface area (Å²) in [6, 6.07) is 18.1. The number of hydrogen-bond acceptors (Lipinski definition) is 3. The van der Waals surface area contributed by atoms with Crippen LogP contribution < -0.4 is 11.1 Å². The number of carbonyl (C=O) groups is 1. The minimum absolute atomic E-state index is 0.0988. The first kappa shape index (κ1) is 18.6. The second-order valence-corrected chi connectivity index (χ2v) is 7.00. The van der Waals surface area contributed by atoms with E-state index in [-0.39, 0.29) is 11.8 Å². The average Bonchev–Trinajstić information content (AvgIpc) is 2.69. The van der Waals surface area contributed by atoms with Crippen LogP contribution in [0.25, 0.3) is 0 Å². The molecule has 26 heavy (non-hydrogen) atoms. The number of rotatable bonds is 7. The van der Waals surface area contributed by atoms with Gasteiger partial charge in [0.15, 0.2) is 0 Å². The Morgan fingerprint density at radius 2 is 1.73 bits per heavy atom. The van der Waals surface area contributed by atoms with Crippen LogP contribution in [0.1, 0.15) is 30.4 Å². The highest BCUT2D eigenvalue weighted by atomic mass is 16.5. The molecule has 1 unspecified atom stereocenters. The Kier molecular flexibility index (Phi) is 6.81. The Morgan fingerprint density at radius 1 is 1.04 bits per heavy atom. The molecule has 2 aromatic rings. The molecule has 0 radical (unpaired) electrons. The van der Waals surface area contributed by atoms with E-state index in [4.69, 9.17) is 10.5 Å². The van der Waals surface area contributed by atoms with Gasteiger partial charge in [0, 0.05) is 18.9 Å². The van der Waals surface area contributed by atoms with Gasteiger partial charge in [0.25, 0.3) is 0 Å². The van der Waals surface area contributed by atoms with Crippen molar-refractivity contribution in [3.05, 3.63) is 65.7 Å². The quantitative estimate of drug-likeness (QED) is 0.801. The second kappa shape index (κ2) is 9.51. The molecule has 0 bridgehead atoms. The first-order valence-corrected chi connectivity index (χ1v) is 9.49. The summed E-state index contributed by atoms with van der Waals surface area (Å²) in [5.74, 6) is 0.108. The fourth-order valence-corrected chi connectivity index (χ4v) is 3.46. The minimum Gasteiger partial charge on any atom is -0.381 e. The molecule has 138 valence electrons. The zero-order chi connectivity index (χ0) is 18.2. The maximum atomic E-state index is 12.4. The standard InChI is InChI=1S/C22H28N2O2/c23-21(19-12-14-26-15-13-19)22(25)24-20-11-5-10-18(16-20)9-4-8-17-6-2-1-3-7-17/h1-3,5-7,10-11,16,19,21H,4,8-9,12-15,23H2,(H,24,25). The van der Waals surface area contributed by atoms with E-state index in [1.807, 2.05) is 18.2 Å². The van der Waals surface area contributed by atoms with Gasteiger partial charge in [-0.05, 0) is 61.3 Å². The van der Waals surface area contributed by atoms with Gasteiger partial charge in [0.2, 0.25) is 5.91 Å². The van der Waals surface area contributed by atoms with Crippen molar-refractivity contribution >= 4 is 11.6 Å². The molecule has 1 heterocycles. The van der Waals surface area contributed by atoms with Gasteiger partial charge in [-0.25, -0.2) is 0 Å². The molecule has 3 rings (SSSR count). The smallest absolute Gasteiger partial charge is 0.241 e. The van der Waals surface area contributed by atoms with Crippen LogP contribution in [0.15, 0.2) is 54.6 Å². The summed E-state index contributed by atoms with van der Waals surface area (Å²) in [5.41, 5.74) is 9.58. The first-order chi connectivity index (χ1) is 12.7. The lowest BCUT2D eigenvalue weighted by molar-refractivity contribution is -0.119. The van der Waals surface area contributed by atoms with E-state index >= 15 is 0 Å². The van der Waals surface area contributed by atoms with Crippen LogP contribution in [0.2, 0.25) is 0 Å². The van der Waals surface area contributed by atoms with Gasteiger partial charge in [-0.3, -0.25) is 4.79 Å². The number of carbonyl (C=O) groups excluding carboxylic acids is 1. The fourth-order valence-electron chi connectivity index (χ4n) is 3.46. The van der Waals surface area contributed by atoms with E-state index in [1.165, 1.54) is 11.1 Å². The van der Waals surface area contributed by atoms with Crippen LogP contribution >= 0.6 is 0 Å². The van der Waals surface area contributed by atoms with Crippen LogP contribution in [0.4, 0.5) is 5.69 Å². The normalized spacial score (nSPS) is 16.2. The van der Waals surface area contributed by atoms with Crippen molar-refractivity contribution in [3.8, 4) is 0 Å². The zero-order valence-electron chi connectivity index (χ0n) is 15.2. The topological polar surface area (TPSA) is 64.4 Å². The first-order valence-electron chi connectivity index (χ1n) is 9.49. The molecule has 4 heteroatoms. The lowest BCUT2D eigenvalue weighted by atomic mass is 9.92. The number of benzene rings is 2. The Hall–Kier alpha value is -2.17. The summed E-state index contributed by atoms with van der Waals surface area (Å²) >= 11 is 0. The second-order valence-electron chi connectivity index (χ2n) is 7.00. The molecule has 4 nitrogen and oxygen atoms in total. The molecular formula is C22H28N2O2. The summed E-state index contributed by atoms with van der Waals surface area (Å²) in [6.45, 7) is 1.39. The van der Waals surface area contributed by atoms with Crippen molar-refractivity contribution in [1.82, 2.24) is 0 Å². The van der Waals surface area contributed by atoms with Crippen molar-refractivity contribution < 1.29 is 9.53 Å². The average molecular weight is 352 g/mol. The molecule has 3 N–H and O–H groups in total. The summed E-state index contributed by atoms with van der Waals surface area (Å²) in [7, 11) is 0. The van der Waals surface area contributed by atoms with Crippen molar-refractivity contribution in [2.75, 3.05) is 18.5 Å². The molecule has 1 aliphatic rings. The molecule has 0 saturated carbocycles. The van der Waals surface area contributed by atoms with E-state index in [9.17, 15) is 4.79 Å². The highest BCUT2D eigenvalue weighted by molar-refractivity contribution is 5.94. The molecule has 1 aliphatic heterocycles. The van der Waals surface area contributed by atoms with Gasteiger partial charge in [-0.15, -0.1) is 0 Å². The Labute approximate surface area is 155 Å². The molecular weight excluding hydrogens is 324 g/mol. The van der Waals surface area contributed by atoms with Gasteiger partial charge in [-0.1, -0.05) is 42.5 Å². The third kappa shape index (κ3) is 5.41. The van der Waals surface area contributed by atoms with Crippen LogP contribution in [-0.2, 0) is 22.4 Å². The molecule has 2 aromatic carbocycles. The molecule has 0 aliphatic carbocycles. The summed E-state index contributed by atoms with van der Waals surface area (Å²) < 4.78 is 5.35. The monoisotopic (exact) mass is 352 g/mol. The predicted octanol–water partition coefficient (Wildman–Crippen LogP) is 3.55. The summed E-state index contributed by atoms with van der Waals surface area (Å²) in [6.07, 6.45) is 4.85. The summed E-state index contributed by atoms with van der Waals surface area (Å²) in [4.78, 5) is 12.4. The Balaban J connectivity index is 1.50. The van der Waals surface area contributed by atoms with E-state index in [2.05, 4.69) is 41.7 Å². The SMILES string of the molecule is NC(C(=O)Nc1cccc(CCCc2ccccc2)c1)C1CCOCC1. The molecule has 0 aromatic heterocycles. The molecule has 1 fully saturated rings. The van der Waals surface area contributed by atoms with E-state index < -0.39 is 6.04 Å². The largest absolute Gasteiger partial charge is 0.381 e. The van der Waals surface area contributed by atoms with Crippen LogP contribution in [0, 0.1) is 5.92 Å². The Bertz CT molecular complexity index is 696. The van der Waals surface area contributed by atoms with Crippen molar-refractivity contribution in [2.45, 2.75) is 38.1 Å². The third-order valence-corrected chi connectivity index (χ3v) is 5.04. The van der Waals surface area contributed by atoms with Gasteiger partial charge in [-0.2, -0.15) is 0 Å². The van der Waals surface area contributed by atoms with Crippen molar-refractivity contribution in [3.63, 3.8) is 0 Å². The number of amides is 1. The predicted molar refractivity (Wildman–Crippen MR) is 105 cm³/mol. The number of nitrogens with two attached hydrogens (primary N) is 1.